The third kappa shape index (κ3) is 7.05. The summed E-state index contributed by atoms with van der Waals surface area (Å²) in [5.74, 6) is 1.17. The average molecular weight is 365 g/mol. The van der Waals surface area contributed by atoms with Gasteiger partial charge in [-0.25, -0.2) is 9.54 Å². The molecule has 0 fully saturated rings. The second-order valence-electron chi connectivity index (χ2n) is 4.14. The van der Waals surface area contributed by atoms with Crippen molar-refractivity contribution in [2.24, 2.45) is 4.74 Å². The molecule has 0 saturated heterocycles. The maximum atomic E-state index is 12.1. The molecule has 5 nitrogen and oxygen atoms in total. The van der Waals surface area contributed by atoms with E-state index < -0.39 is 12.8 Å². The van der Waals surface area contributed by atoms with E-state index in [1.807, 2.05) is 25.1 Å². The van der Waals surface area contributed by atoms with Gasteiger partial charge in [0.25, 0.3) is 0 Å². The van der Waals surface area contributed by atoms with E-state index in [1.165, 1.54) is 11.4 Å². The number of anilines is 1. The Morgan fingerprint density at radius 1 is 1.36 bits per heavy atom. The lowest BCUT2D eigenvalue weighted by Crippen LogP contribution is -2.13. The van der Waals surface area contributed by atoms with Crippen LogP contribution in [0.1, 0.15) is 20.3 Å². The number of hydrogen-bond acceptors (Lipinski definition) is 5. The molecule has 1 aromatic carbocycles. The molecule has 8 heteroatoms. The predicted molar refractivity (Wildman–Crippen MR) is 95.9 cm³/mol. The van der Waals surface area contributed by atoms with Gasteiger partial charge in [-0.05, 0) is 36.9 Å². The van der Waals surface area contributed by atoms with Crippen LogP contribution in [0.4, 0.5) is 10.5 Å². The molecule has 1 aromatic rings. The fourth-order valence-corrected chi connectivity index (χ4v) is 6.07. The maximum Gasteiger partial charge on any atom is 0.417 e. The number of nitrogens with one attached hydrogen (secondary N) is 1. The number of alkyl halides is 1. The molecule has 1 atom stereocenters. The lowest BCUT2D eigenvalue weighted by atomic mass is 10.3. The molecule has 0 saturated carbocycles. The third-order valence-electron chi connectivity index (χ3n) is 2.33. The third-order valence-corrected chi connectivity index (χ3v) is 7.35. The maximum absolute atomic E-state index is 12.1. The molecule has 0 aliphatic rings. The van der Waals surface area contributed by atoms with Crippen LogP contribution < -0.4 is 5.32 Å². The molecule has 0 aromatic heterocycles. The number of para-hydroxylation sites is 1. The van der Waals surface area contributed by atoms with E-state index in [4.69, 9.17) is 20.6 Å². The zero-order valence-corrected chi connectivity index (χ0v) is 15.3. The minimum atomic E-state index is -2.68. The van der Waals surface area contributed by atoms with Crippen LogP contribution in [0.5, 0.6) is 0 Å². The normalized spacial score (nSPS) is 13.2. The van der Waals surface area contributed by atoms with Crippen molar-refractivity contribution in [2.45, 2.75) is 20.3 Å². The van der Waals surface area contributed by atoms with E-state index in [9.17, 15) is 4.79 Å². The number of carbonyl (C=O) groups is 1. The summed E-state index contributed by atoms with van der Waals surface area (Å²) in [7, 11) is 0. The van der Waals surface area contributed by atoms with Crippen LogP contribution in [-0.2, 0) is 9.05 Å². The van der Waals surface area contributed by atoms with E-state index >= 15 is 0 Å². The van der Waals surface area contributed by atoms with Crippen LogP contribution >= 0.6 is 29.7 Å². The first-order valence-corrected chi connectivity index (χ1v) is 10.8. The van der Waals surface area contributed by atoms with Gasteiger partial charge in [0, 0.05) is 17.3 Å². The van der Waals surface area contributed by atoms with Gasteiger partial charge in [-0.2, -0.15) is 0 Å². The van der Waals surface area contributed by atoms with Gasteiger partial charge in [0.2, 0.25) is 0 Å². The second-order valence-corrected chi connectivity index (χ2v) is 9.01. The van der Waals surface area contributed by atoms with Crippen LogP contribution in [0.2, 0.25) is 0 Å². The molecule has 1 amide bonds. The number of nitrogens with zero attached hydrogens (tertiary/aromatic N) is 1. The van der Waals surface area contributed by atoms with Crippen molar-refractivity contribution >= 4 is 41.5 Å². The van der Waals surface area contributed by atoms with E-state index in [1.54, 1.807) is 12.1 Å². The Hall–Kier alpha value is -0.680. The fourth-order valence-electron chi connectivity index (χ4n) is 1.50. The summed E-state index contributed by atoms with van der Waals surface area (Å²) < 4.78 is 15.7. The van der Waals surface area contributed by atoms with Crippen LogP contribution in [0, 0.1) is 0 Å². The van der Waals surface area contributed by atoms with Crippen molar-refractivity contribution in [1.29, 1.82) is 0 Å². The first-order chi connectivity index (χ1) is 10.7. The smallest absolute Gasteiger partial charge is 0.381 e. The zero-order chi connectivity index (χ0) is 16.3. The lowest BCUT2D eigenvalue weighted by Gasteiger charge is -2.22. The summed E-state index contributed by atoms with van der Waals surface area (Å²) in [6.07, 6.45) is 0.384. The number of hydrogen-bond donors (Lipinski definition) is 1. The number of rotatable bonds is 9. The van der Waals surface area contributed by atoms with Gasteiger partial charge in [0.1, 0.15) is 0 Å². The Labute approximate surface area is 141 Å². The molecule has 22 heavy (non-hydrogen) atoms. The molecule has 0 heterocycles. The average Bonchev–Trinajstić information content (AvgIpc) is 2.52. The highest BCUT2D eigenvalue weighted by Gasteiger charge is 2.26. The minimum Gasteiger partial charge on any atom is -0.381 e. The van der Waals surface area contributed by atoms with Gasteiger partial charge < -0.3 is 9.05 Å². The fraction of sp³-hybridized carbons (Fsp3) is 0.500. The zero-order valence-electron chi connectivity index (χ0n) is 12.8. The van der Waals surface area contributed by atoms with Crippen LogP contribution in [0.15, 0.2) is 35.1 Å². The quantitative estimate of drug-likeness (QED) is 0.457. The van der Waals surface area contributed by atoms with E-state index in [2.05, 4.69) is 17.0 Å². The highest BCUT2D eigenvalue weighted by Crippen LogP contribution is 2.64. The first-order valence-electron chi connectivity index (χ1n) is 7.14. The largest absolute Gasteiger partial charge is 0.417 e. The van der Waals surface area contributed by atoms with Gasteiger partial charge in [-0.1, -0.05) is 25.1 Å². The summed E-state index contributed by atoms with van der Waals surface area (Å²) in [6.45, 7) is 2.05. The predicted octanol–water partition coefficient (Wildman–Crippen LogP) is 5.60. The number of halogens is 1. The van der Waals surface area contributed by atoms with Crippen LogP contribution in [0.25, 0.3) is 0 Å². The standard InChI is InChI=1S/C14H22ClN2O3PS/c1-3-12-22-21(19-4-2,16-11-10-15)20-14(18)17-13-8-6-5-7-9-13/h5-9H,3-4,10-12H2,1-2H3,(H,17,18). The number of benzene rings is 1. The monoisotopic (exact) mass is 364 g/mol. The Kier molecular flexibility index (Phi) is 9.64. The van der Waals surface area contributed by atoms with Crippen molar-refractivity contribution in [3.8, 4) is 0 Å². The highest BCUT2D eigenvalue weighted by molar-refractivity contribution is 8.55. The topological polar surface area (TPSA) is 59.9 Å². The van der Waals surface area contributed by atoms with Crippen molar-refractivity contribution < 1.29 is 13.8 Å². The van der Waals surface area contributed by atoms with Gasteiger partial charge in [0.05, 0.1) is 13.2 Å². The number of carbonyl (C=O) groups excluding carboxylic acids is 1. The summed E-state index contributed by atoms with van der Waals surface area (Å²) in [4.78, 5) is 12.1. The Morgan fingerprint density at radius 2 is 2.09 bits per heavy atom. The molecule has 124 valence electrons. The van der Waals surface area contributed by atoms with Gasteiger partial charge in [-0.3, -0.25) is 5.32 Å². The van der Waals surface area contributed by atoms with E-state index in [0.29, 0.717) is 24.7 Å². The van der Waals surface area contributed by atoms with Gasteiger partial charge in [-0.15, -0.1) is 11.6 Å². The summed E-state index contributed by atoms with van der Waals surface area (Å²) in [6, 6.07) is 9.13. The number of amides is 1. The van der Waals surface area contributed by atoms with Crippen LogP contribution in [0.3, 0.4) is 0 Å². The molecule has 0 spiro atoms. The molecular formula is C14H22ClN2O3PS. The molecule has 1 rings (SSSR count). The molecule has 1 unspecified atom stereocenters. The Bertz CT molecular complexity index is 502. The summed E-state index contributed by atoms with van der Waals surface area (Å²) >= 11 is 7.16. The van der Waals surface area contributed by atoms with E-state index in [0.717, 1.165) is 12.2 Å². The van der Waals surface area contributed by atoms with Crippen molar-refractivity contribution in [3.05, 3.63) is 30.3 Å². The molecular weight excluding hydrogens is 343 g/mol. The van der Waals surface area contributed by atoms with Gasteiger partial charge >= 0.3 is 12.8 Å². The summed E-state index contributed by atoms with van der Waals surface area (Å²) in [5.41, 5.74) is 0.667. The lowest BCUT2D eigenvalue weighted by molar-refractivity contribution is 0.209. The van der Waals surface area contributed by atoms with E-state index in [-0.39, 0.29) is 0 Å². The Balaban J connectivity index is 2.83. The molecule has 1 N–H and O–H groups in total. The molecule has 0 bridgehead atoms. The summed E-state index contributed by atoms with van der Waals surface area (Å²) in [5, 5.41) is 2.69. The van der Waals surface area contributed by atoms with Gasteiger partial charge in [0.15, 0.2) is 0 Å². The molecule has 0 radical (unpaired) electrons. The van der Waals surface area contributed by atoms with Crippen molar-refractivity contribution in [1.82, 2.24) is 0 Å². The first kappa shape index (κ1) is 19.4. The van der Waals surface area contributed by atoms with Crippen molar-refractivity contribution in [3.63, 3.8) is 0 Å². The Morgan fingerprint density at radius 3 is 2.68 bits per heavy atom. The molecule has 0 aliphatic carbocycles. The minimum absolute atomic E-state index is 0.366. The molecule has 0 aliphatic heterocycles. The van der Waals surface area contributed by atoms with Crippen LogP contribution in [-0.4, -0.2) is 30.9 Å². The second kappa shape index (κ2) is 10.9. The SMILES string of the molecule is CCCSP(=NCCCl)(OCC)OC(=O)Nc1ccccc1. The van der Waals surface area contributed by atoms with Crippen molar-refractivity contribution in [2.75, 3.05) is 30.1 Å². The highest BCUT2D eigenvalue weighted by atomic mass is 35.5.